The summed E-state index contributed by atoms with van der Waals surface area (Å²) in [5, 5.41) is 10.4. The Bertz CT molecular complexity index is 411. The SMILES string of the molecule is N#CCC(=O)OC1CCN(Cc2cccs2)C1. The number of nitrogens with zero attached hydrogens (tertiary/aromatic N) is 2. The zero-order valence-corrected chi connectivity index (χ0v) is 10.3. The third-order valence-electron chi connectivity index (χ3n) is 2.71. The lowest BCUT2D eigenvalue weighted by atomic mass is 10.3. The minimum atomic E-state index is -0.407. The first kappa shape index (κ1) is 12.1. The third-order valence-corrected chi connectivity index (χ3v) is 3.57. The molecule has 1 atom stereocenters. The van der Waals surface area contributed by atoms with E-state index in [0.29, 0.717) is 0 Å². The van der Waals surface area contributed by atoms with Gasteiger partial charge in [-0.15, -0.1) is 11.3 Å². The molecule has 0 saturated carbocycles. The van der Waals surface area contributed by atoms with Gasteiger partial charge in [-0.1, -0.05) is 6.07 Å². The Hall–Kier alpha value is -1.38. The lowest BCUT2D eigenvalue weighted by Crippen LogP contribution is -2.24. The van der Waals surface area contributed by atoms with Crippen molar-refractivity contribution >= 4 is 17.3 Å². The fraction of sp³-hybridized carbons (Fsp3) is 0.500. The van der Waals surface area contributed by atoms with Crippen molar-refractivity contribution in [1.29, 1.82) is 5.26 Å². The Kier molecular flexibility index (Phi) is 4.13. The summed E-state index contributed by atoms with van der Waals surface area (Å²) in [7, 11) is 0. The number of hydrogen-bond acceptors (Lipinski definition) is 5. The predicted molar refractivity (Wildman–Crippen MR) is 64.3 cm³/mol. The van der Waals surface area contributed by atoms with Crippen LogP contribution in [0.4, 0.5) is 0 Å². The number of ether oxygens (including phenoxy) is 1. The first-order valence-corrected chi connectivity index (χ1v) is 6.47. The number of carbonyl (C=O) groups is 1. The summed E-state index contributed by atoms with van der Waals surface area (Å²) >= 11 is 1.74. The highest BCUT2D eigenvalue weighted by molar-refractivity contribution is 7.09. The van der Waals surface area contributed by atoms with Crippen molar-refractivity contribution in [3.8, 4) is 6.07 Å². The molecule has 0 bridgehead atoms. The molecule has 1 aromatic rings. The Morgan fingerprint density at radius 3 is 3.29 bits per heavy atom. The monoisotopic (exact) mass is 250 g/mol. The van der Waals surface area contributed by atoms with Crippen LogP contribution < -0.4 is 0 Å². The van der Waals surface area contributed by atoms with E-state index in [4.69, 9.17) is 10.00 Å². The number of rotatable bonds is 4. The van der Waals surface area contributed by atoms with Gasteiger partial charge in [0, 0.05) is 24.5 Å². The van der Waals surface area contributed by atoms with Gasteiger partial charge < -0.3 is 4.74 Å². The van der Waals surface area contributed by atoms with Crippen molar-refractivity contribution < 1.29 is 9.53 Å². The fourth-order valence-electron chi connectivity index (χ4n) is 1.95. The zero-order valence-electron chi connectivity index (χ0n) is 9.46. The van der Waals surface area contributed by atoms with Crippen LogP contribution in [0.25, 0.3) is 0 Å². The van der Waals surface area contributed by atoms with Gasteiger partial charge in [0.2, 0.25) is 0 Å². The van der Waals surface area contributed by atoms with Crippen LogP contribution in [-0.4, -0.2) is 30.1 Å². The normalized spacial score (nSPS) is 20.1. The maximum atomic E-state index is 11.2. The summed E-state index contributed by atoms with van der Waals surface area (Å²) in [6.07, 6.45) is 0.667. The van der Waals surface area contributed by atoms with E-state index >= 15 is 0 Å². The molecule has 1 aromatic heterocycles. The van der Waals surface area contributed by atoms with Crippen LogP contribution in [0.3, 0.4) is 0 Å². The lowest BCUT2D eigenvalue weighted by Gasteiger charge is -2.14. The molecule has 1 aliphatic rings. The van der Waals surface area contributed by atoms with Crippen molar-refractivity contribution in [3.63, 3.8) is 0 Å². The first-order chi connectivity index (χ1) is 8.28. The Balaban J connectivity index is 1.76. The molecule has 2 heterocycles. The van der Waals surface area contributed by atoms with Gasteiger partial charge >= 0.3 is 5.97 Å². The van der Waals surface area contributed by atoms with Gasteiger partial charge in [0.25, 0.3) is 0 Å². The standard InChI is InChI=1S/C12H14N2O2S/c13-5-3-12(15)16-10-4-6-14(8-10)9-11-2-1-7-17-11/h1-2,7,10H,3-4,6,8-9H2. The highest BCUT2D eigenvalue weighted by Gasteiger charge is 2.25. The quantitative estimate of drug-likeness (QED) is 0.764. The van der Waals surface area contributed by atoms with E-state index in [1.165, 1.54) is 4.88 Å². The summed E-state index contributed by atoms with van der Waals surface area (Å²) in [6.45, 7) is 2.64. The molecule has 0 N–H and O–H groups in total. The van der Waals surface area contributed by atoms with Crippen LogP contribution in [0.5, 0.6) is 0 Å². The van der Waals surface area contributed by atoms with Crippen LogP contribution in [0, 0.1) is 11.3 Å². The second-order valence-electron chi connectivity index (χ2n) is 4.05. The number of likely N-dealkylation sites (tertiary alicyclic amines) is 1. The minimum Gasteiger partial charge on any atom is -0.460 e. The lowest BCUT2D eigenvalue weighted by molar-refractivity contribution is -0.147. The van der Waals surface area contributed by atoms with Gasteiger partial charge in [-0.05, 0) is 17.9 Å². The van der Waals surface area contributed by atoms with Gasteiger partial charge in [0.15, 0.2) is 0 Å². The van der Waals surface area contributed by atoms with Crippen molar-refractivity contribution in [2.75, 3.05) is 13.1 Å². The molecule has 4 nitrogen and oxygen atoms in total. The molecule has 5 heteroatoms. The van der Waals surface area contributed by atoms with E-state index in [1.807, 2.05) is 6.07 Å². The zero-order chi connectivity index (χ0) is 12.1. The second kappa shape index (κ2) is 5.80. The van der Waals surface area contributed by atoms with Gasteiger partial charge in [0.1, 0.15) is 12.5 Å². The molecule has 0 aliphatic carbocycles. The summed E-state index contributed by atoms with van der Waals surface area (Å²) in [6, 6.07) is 5.96. The molecule has 0 amide bonds. The summed E-state index contributed by atoms with van der Waals surface area (Å²) < 4.78 is 5.20. The minimum absolute atomic E-state index is 0.0455. The molecule has 1 unspecified atom stereocenters. The molecule has 1 fully saturated rings. The Labute approximate surface area is 104 Å². The predicted octanol–water partition coefficient (Wildman–Crippen LogP) is 1.78. The highest BCUT2D eigenvalue weighted by Crippen LogP contribution is 2.18. The van der Waals surface area contributed by atoms with Crippen LogP contribution in [0.1, 0.15) is 17.7 Å². The van der Waals surface area contributed by atoms with Gasteiger partial charge in [-0.2, -0.15) is 5.26 Å². The van der Waals surface area contributed by atoms with Gasteiger partial charge in [-0.3, -0.25) is 9.69 Å². The second-order valence-corrected chi connectivity index (χ2v) is 5.08. The van der Waals surface area contributed by atoms with Crippen LogP contribution in [0.15, 0.2) is 17.5 Å². The largest absolute Gasteiger partial charge is 0.460 e. The van der Waals surface area contributed by atoms with Crippen molar-refractivity contribution in [2.45, 2.75) is 25.5 Å². The number of nitriles is 1. The van der Waals surface area contributed by atoms with Crippen LogP contribution in [0.2, 0.25) is 0 Å². The Morgan fingerprint density at radius 1 is 1.71 bits per heavy atom. The van der Waals surface area contributed by atoms with Gasteiger partial charge in [0.05, 0.1) is 6.07 Å². The van der Waals surface area contributed by atoms with Crippen LogP contribution in [-0.2, 0) is 16.1 Å². The highest BCUT2D eigenvalue weighted by atomic mass is 32.1. The van der Waals surface area contributed by atoms with Crippen LogP contribution >= 0.6 is 11.3 Å². The average molecular weight is 250 g/mol. The molecule has 90 valence electrons. The molecular weight excluding hydrogens is 236 g/mol. The number of hydrogen-bond donors (Lipinski definition) is 0. The molecule has 17 heavy (non-hydrogen) atoms. The first-order valence-electron chi connectivity index (χ1n) is 5.59. The molecule has 1 aliphatic heterocycles. The van der Waals surface area contributed by atoms with E-state index in [9.17, 15) is 4.79 Å². The van der Waals surface area contributed by atoms with Gasteiger partial charge in [-0.25, -0.2) is 0 Å². The van der Waals surface area contributed by atoms with Crippen molar-refractivity contribution in [3.05, 3.63) is 22.4 Å². The van der Waals surface area contributed by atoms with E-state index in [2.05, 4.69) is 16.3 Å². The average Bonchev–Trinajstić information content (AvgIpc) is 2.91. The Morgan fingerprint density at radius 2 is 2.59 bits per heavy atom. The number of esters is 1. The number of thiophene rings is 1. The summed E-state index contributed by atoms with van der Waals surface area (Å²) in [5.41, 5.74) is 0. The van der Waals surface area contributed by atoms with E-state index in [1.54, 1.807) is 17.4 Å². The third kappa shape index (κ3) is 3.55. The molecule has 1 saturated heterocycles. The smallest absolute Gasteiger partial charge is 0.320 e. The maximum Gasteiger partial charge on any atom is 0.320 e. The van der Waals surface area contributed by atoms with Crippen molar-refractivity contribution in [2.24, 2.45) is 0 Å². The number of carbonyl (C=O) groups excluding carboxylic acids is 1. The van der Waals surface area contributed by atoms with Crippen molar-refractivity contribution in [1.82, 2.24) is 4.90 Å². The molecular formula is C12H14N2O2S. The van der Waals surface area contributed by atoms with E-state index in [-0.39, 0.29) is 12.5 Å². The van der Waals surface area contributed by atoms with E-state index < -0.39 is 5.97 Å². The van der Waals surface area contributed by atoms with E-state index in [0.717, 1.165) is 26.1 Å². The molecule has 0 spiro atoms. The molecule has 0 radical (unpaired) electrons. The fourth-order valence-corrected chi connectivity index (χ4v) is 2.70. The maximum absolute atomic E-state index is 11.2. The summed E-state index contributed by atoms with van der Waals surface area (Å²) in [5.74, 6) is -0.407. The molecule has 2 rings (SSSR count). The summed E-state index contributed by atoms with van der Waals surface area (Å²) in [4.78, 5) is 14.8. The molecule has 0 aromatic carbocycles. The topological polar surface area (TPSA) is 53.3 Å².